The van der Waals surface area contributed by atoms with Gasteiger partial charge >= 0.3 is 0 Å². The van der Waals surface area contributed by atoms with Gasteiger partial charge in [0.1, 0.15) is 6.10 Å². The van der Waals surface area contributed by atoms with Crippen LogP contribution in [0, 0.1) is 5.41 Å². The molecule has 2 saturated heterocycles. The van der Waals surface area contributed by atoms with Crippen molar-refractivity contribution in [2.24, 2.45) is 11.1 Å². The van der Waals surface area contributed by atoms with E-state index in [1.165, 1.54) is 6.42 Å². The number of amides is 1. The first kappa shape index (κ1) is 14.7. The van der Waals surface area contributed by atoms with Gasteiger partial charge in [0, 0.05) is 26.2 Å². The predicted octanol–water partition coefficient (Wildman–Crippen LogP) is -0.406. The molecule has 2 aliphatic heterocycles. The summed E-state index contributed by atoms with van der Waals surface area (Å²) in [5, 5.41) is 3.39. The number of nitrogens with zero attached hydrogens (tertiary/aromatic N) is 1. The van der Waals surface area contributed by atoms with E-state index in [4.69, 9.17) is 10.5 Å². The average Bonchev–Trinajstić information content (AvgIpc) is 2.65. The van der Waals surface area contributed by atoms with Crippen LogP contribution in [0.3, 0.4) is 0 Å². The van der Waals surface area contributed by atoms with Gasteiger partial charge < -0.3 is 15.8 Å². The number of hydrogen-bond donors (Lipinski definition) is 2. The zero-order valence-electron chi connectivity index (χ0n) is 10.3. The fourth-order valence-electron chi connectivity index (χ4n) is 2.56. The standard InChI is InChI=1S/C11H21N3O2.ClH/c1-11(2-3-13-7-11)8-14-4-5-16-9(6-14)10(12)15;/h9,13H,2-8H2,1H3,(H2,12,15);1H. The van der Waals surface area contributed by atoms with E-state index in [0.717, 1.165) is 26.2 Å². The highest BCUT2D eigenvalue weighted by Crippen LogP contribution is 2.26. The summed E-state index contributed by atoms with van der Waals surface area (Å²) in [5.41, 5.74) is 5.60. The lowest BCUT2D eigenvalue weighted by Crippen LogP contribution is -2.51. The van der Waals surface area contributed by atoms with Gasteiger partial charge in [0.15, 0.2) is 0 Å². The Balaban J connectivity index is 0.00000144. The van der Waals surface area contributed by atoms with Crippen molar-refractivity contribution >= 4 is 18.3 Å². The Morgan fingerprint density at radius 1 is 1.65 bits per heavy atom. The lowest BCUT2D eigenvalue weighted by molar-refractivity contribution is -0.135. The van der Waals surface area contributed by atoms with E-state index in [2.05, 4.69) is 17.1 Å². The summed E-state index contributed by atoms with van der Waals surface area (Å²) < 4.78 is 5.34. The molecule has 0 aromatic carbocycles. The molecule has 3 N–H and O–H groups in total. The van der Waals surface area contributed by atoms with Crippen molar-refractivity contribution in [2.45, 2.75) is 19.4 Å². The number of carbonyl (C=O) groups is 1. The molecule has 2 atom stereocenters. The quantitative estimate of drug-likeness (QED) is 0.727. The average molecular weight is 264 g/mol. The summed E-state index contributed by atoms with van der Waals surface area (Å²) in [4.78, 5) is 13.4. The van der Waals surface area contributed by atoms with E-state index in [-0.39, 0.29) is 18.3 Å². The van der Waals surface area contributed by atoms with Crippen LogP contribution in [0.25, 0.3) is 0 Å². The van der Waals surface area contributed by atoms with E-state index in [9.17, 15) is 4.79 Å². The highest BCUT2D eigenvalue weighted by atomic mass is 35.5. The number of hydrogen-bond acceptors (Lipinski definition) is 4. The summed E-state index contributed by atoms with van der Waals surface area (Å²) in [6.45, 7) is 7.63. The van der Waals surface area contributed by atoms with Crippen LogP contribution in [0.15, 0.2) is 0 Å². The van der Waals surface area contributed by atoms with Crippen molar-refractivity contribution < 1.29 is 9.53 Å². The van der Waals surface area contributed by atoms with Crippen LogP contribution < -0.4 is 11.1 Å². The minimum atomic E-state index is -0.424. The molecular weight excluding hydrogens is 242 g/mol. The monoisotopic (exact) mass is 263 g/mol. The van der Waals surface area contributed by atoms with Crippen molar-refractivity contribution in [1.29, 1.82) is 0 Å². The van der Waals surface area contributed by atoms with Crippen molar-refractivity contribution in [3.63, 3.8) is 0 Å². The number of rotatable bonds is 3. The number of nitrogens with one attached hydrogen (secondary N) is 1. The second-order valence-corrected chi connectivity index (χ2v) is 5.23. The molecule has 0 aromatic rings. The van der Waals surface area contributed by atoms with Crippen molar-refractivity contribution in [3.8, 4) is 0 Å². The Morgan fingerprint density at radius 2 is 2.41 bits per heavy atom. The lowest BCUT2D eigenvalue weighted by atomic mass is 9.89. The molecule has 2 unspecified atom stereocenters. The van der Waals surface area contributed by atoms with Crippen molar-refractivity contribution in [2.75, 3.05) is 39.3 Å². The molecule has 0 aliphatic carbocycles. The summed E-state index contributed by atoms with van der Waals surface area (Å²) in [6, 6.07) is 0. The molecule has 5 nitrogen and oxygen atoms in total. The van der Waals surface area contributed by atoms with Gasteiger partial charge in [0.2, 0.25) is 5.91 Å². The van der Waals surface area contributed by atoms with Crippen LogP contribution in [0.1, 0.15) is 13.3 Å². The number of carbonyl (C=O) groups excluding carboxylic acids is 1. The maximum Gasteiger partial charge on any atom is 0.247 e. The topological polar surface area (TPSA) is 67.6 Å². The van der Waals surface area contributed by atoms with Gasteiger partial charge in [-0.1, -0.05) is 6.92 Å². The fourth-order valence-corrected chi connectivity index (χ4v) is 2.56. The maximum absolute atomic E-state index is 11.1. The Bertz CT molecular complexity index is 269. The molecule has 0 spiro atoms. The number of primary amides is 1. The number of morpholine rings is 1. The predicted molar refractivity (Wildman–Crippen MR) is 68.2 cm³/mol. The number of halogens is 1. The molecule has 2 aliphatic rings. The second-order valence-electron chi connectivity index (χ2n) is 5.23. The highest BCUT2D eigenvalue weighted by molar-refractivity contribution is 5.85. The first-order valence-corrected chi connectivity index (χ1v) is 5.93. The highest BCUT2D eigenvalue weighted by Gasteiger charge is 2.33. The molecule has 0 bridgehead atoms. The lowest BCUT2D eigenvalue weighted by Gasteiger charge is -2.36. The second kappa shape index (κ2) is 6.00. The van der Waals surface area contributed by atoms with E-state index < -0.39 is 6.10 Å². The van der Waals surface area contributed by atoms with Gasteiger partial charge in [-0.05, 0) is 18.4 Å². The van der Waals surface area contributed by atoms with E-state index in [1.807, 2.05) is 0 Å². The van der Waals surface area contributed by atoms with E-state index in [0.29, 0.717) is 18.6 Å². The van der Waals surface area contributed by atoms with Gasteiger partial charge in [-0.25, -0.2) is 0 Å². The molecule has 1 amide bonds. The Kier molecular flexibility index (Phi) is 5.19. The van der Waals surface area contributed by atoms with Crippen LogP contribution in [-0.4, -0.2) is 56.2 Å². The van der Waals surface area contributed by atoms with Crippen LogP contribution >= 0.6 is 12.4 Å². The molecule has 6 heteroatoms. The van der Waals surface area contributed by atoms with Gasteiger partial charge in [0.25, 0.3) is 0 Å². The van der Waals surface area contributed by atoms with Gasteiger partial charge in [0.05, 0.1) is 6.61 Å². The molecular formula is C11H22ClN3O2. The Labute approximate surface area is 108 Å². The van der Waals surface area contributed by atoms with E-state index >= 15 is 0 Å². The van der Waals surface area contributed by atoms with Crippen LogP contribution in [0.4, 0.5) is 0 Å². The van der Waals surface area contributed by atoms with Crippen LogP contribution in [0.5, 0.6) is 0 Å². The third-order valence-electron chi connectivity index (χ3n) is 3.53. The smallest absolute Gasteiger partial charge is 0.247 e. The van der Waals surface area contributed by atoms with Crippen molar-refractivity contribution in [3.05, 3.63) is 0 Å². The zero-order valence-corrected chi connectivity index (χ0v) is 11.1. The summed E-state index contributed by atoms with van der Waals surface area (Å²) in [6.07, 6.45) is 0.776. The molecule has 17 heavy (non-hydrogen) atoms. The maximum atomic E-state index is 11.1. The van der Waals surface area contributed by atoms with Gasteiger partial charge in [-0.3, -0.25) is 9.69 Å². The Hall–Kier alpha value is -0.360. The molecule has 0 saturated carbocycles. The molecule has 100 valence electrons. The summed E-state index contributed by atoms with van der Waals surface area (Å²) in [5.74, 6) is -0.348. The number of ether oxygens (including phenoxy) is 1. The fraction of sp³-hybridized carbons (Fsp3) is 0.909. The molecule has 2 fully saturated rings. The third-order valence-corrected chi connectivity index (χ3v) is 3.53. The Morgan fingerprint density at radius 3 is 3.00 bits per heavy atom. The minimum absolute atomic E-state index is 0. The zero-order chi connectivity index (χ0) is 11.6. The molecule has 2 heterocycles. The first-order chi connectivity index (χ1) is 7.59. The van der Waals surface area contributed by atoms with Crippen molar-refractivity contribution in [1.82, 2.24) is 10.2 Å². The van der Waals surface area contributed by atoms with Gasteiger partial charge in [-0.15, -0.1) is 12.4 Å². The third kappa shape index (κ3) is 3.81. The SMILES string of the molecule is CC1(CN2CCOC(C(N)=O)C2)CCNC1.Cl. The molecule has 0 aromatic heterocycles. The largest absolute Gasteiger partial charge is 0.367 e. The molecule has 2 rings (SSSR count). The van der Waals surface area contributed by atoms with Crippen LogP contribution in [0.2, 0.25) is 0 Å². The van der Waals surface area contributed by atoms with Crippen LogP contribution in [-0.2, 0) is 9.53 Å². The molecule has 0 radical (unpaired) electrons. The summed E-state index contributed by atoms with van der Waals surface area (Å²) in [7, 11) is 0. The van der Waals surface area contributed by atoms with Gasteiger partial charge in [-0.2, -0.15) is 0 Å². The number of nitrogens with two attached hydrogens (primary N) is 1. The van der Waals surface area contributed by atoms with E-state index in [1.54, 1.807) is 0 Å². The first-order valence-electron chi connectivity index (χ1n) is 5.93. The normalized spacial score (nSPS) is 34.3. The summed E-state index contributed by atoms with van der Waals surface area (Å²) >= 11 is 0. The minimum Gasteiger partial charge on any atom is -0.367 e.